The van der Waals surface area contributed by atoms with Gasteiger partial charge >= 0.3 is 0 Å². The van der Waals surface area contributed by atoms with Crippen molar-refractivity contribution in [1.29, 1.82) is 0 Å². The Bertz CT molecular complexity index is 144. The van der Waals surface area contributed by atoms with E-state index in [1.54, 1.807) is 0 Å². The van der Waals surface area contributed by atoms with Gasteiger partial charge in [-0.1, -0.05) is 24.8 Å². The Morgan fingerprint density at radius 2 is 1.80 bits per heavy atom. The molecule has 0 amide bonds. The Kier molecular flexibility index (Phi) is 2.67. The van der Waals surface area contributed by atoms with Crippen LogP contribution >= 0.6 is 0 Å². The third kappa shape index (κ3) is 1.81. The van der Waals surface area contributed by atoms with Crippen molar-refractivity contribution in [3.8, 4) is 0 Å². The first-order valence-corrected chi connectivity index (χ1v) is 8.14. The van der Waals surface area contributed by atoms with E-state index in [0.29, 0.717) is 0 Å². The molecule has 1 nitrogen and oxygen atoms in total. The van der Waals surface area contributed by atoms with Gasteiger partial charge in [0, 0.05) is 15.4 Å². The summed E-state index contributed by atoms with van der Waals surface area (Å²) in [6, 6.07) is 0. The molecule has 60 valence electrons. The minimum atomic E-state index is -1.23. The van der Waals surface area contributed by atoms with E-state index >= 15 is 0 Å². The lowest BCUT2D eigenvalue weighted by Crippen LogP contribution is -2.58. The van der Waals surface area contributed by atoms with Gasteiger partial charge < -0.3 is 5.73 Å². The first kappa shape index (κ1) is 10.1. The molecule has 0 aliphatic heterocycles. The summed E-state index contributed by atoms with van der Waals surface area (Å²) >= 11 is 0. The Morgan fingerprint density at radius 3 is 1.80 bits per heavy atom. The van der Waals surface area contributed by atoms with Crippen molar-refractivity contribution in [3.63, 3.8) is 0 Å². The molecular formula is C7H19NSi2. The second-order valence-electron chi connectivity index (χ2n) is 4.23. The van der Waals surface area contributed by atoms with Gasteiger partial charge in [-0.25, -0.2) is 0 Å². The second-order valence-corrected chi connectivity index (χ2v) is 11.0. The summed E-state index contributed by atoms with van der Waals surface area (Å²) in [4.78, 5) is 0. The Labute approximate surface area is 68.1 Å². The molecule has 1 unspecified atom stereocenters. The van der Waals surface area contributed by atoms with Gasteiger partial charge in [0.2, 0.25) is 0 Å². The third-order valence-corrected chi connectivity index (χ3v) is 7.53. The summed E-state index contributed by atoms with van der Waals surface area (Å²) in [6.45, 7) is 12.9. The fraction of sp³-hybridized carbons (Fsp3) is 0.714. The fourth-order valence-electron chi connectivity index (χ4n) is 0.640. The molecular weight excluding hydrogens is 154 g/mol. The van der Waals surface area contributed by atoms with Gasteiger partial charge in [0.05, 0.1) is 8.07 Å². The largest absolute Gasteiger partial charge is 0.325 e. The van der Waals surface area contributed by atoms with Crippen molar-refractivity contribution in [2.24, 2.45) is 5.73 Å². The summed E-state index contributed by atoms with van der Waals surface area (Å²) in [5.41, 5.74) is 6.13. The van der Waals surface area contributed by atoms with E-state index in [1.807, 2.05) is 0 Å². The zero-order valence-corrected chi connectivity index (χ0v) is 10.8. The number of rotatable bonds is 2. The molecule has 0 aliphatic rings. The average molecular weight is 173 g/mol. The lowest BCUT2D eigenvalue weighted by molar-refractivity contribution is 0.770. The highest BCUT2D eigenvalue weighted by atomic mass is 28.3. The summed E-state index contributed by atoms with van der Waals surface area (Å²) in [7, 11) is -0.212. The number of hydrogen-bond donors (Lipinski definition) is 1. The SMILES string of the molecule is C=C([SiH3])C(C)(N)[Si](C)(C)C. The molecule has 0 rings (SSSR count). The van der Waals surface area contributed by atoms with Crippen molar-refractivity contribution in [3.05, 3.63) is 11.8 Å². The minimum Gasteiger partial charge on any atom is -0.325 e. The van der Waals surface area contributed by atoms with Crippen LogP contribution in [0.1, 0.15) is 6.92 Å². The minimum absolute atomic E-state index is 0.0563. The summed E-state index contributed by atoms with van der Waals surface area (Å²) < 4.78 is 0. The lowest BCUT2D eigenvalue weighted by Gasteiger charge is -2.37. The van der Waals surface area contributed by atoms with E-state index in [2.05, 4.69) is 33.1 Å². The molecule has 0 aromatic carbocycles. The molecule has 10 heavy (non-hydrogen) atoms. The number of nitrogens with two attached hydrogens (primary N) is 1. The molecule has 0 aliphatic carbocycles. The predicted molar refractivity (Wildman–Crippen MR) is 55.0 cm³/mol. The van der Waals surface area contributed by atoms with E-state index in [0.717, 1.165) is 10.2 Å². The molecule has 3 heteroatoms. The predicted octanol–water partition coefficient (Wildman–Crippen LogP) is 0.460. The Morgan fingerprint density at radius 1 is 1.50 bits per heavy atom. The van der Waals surface area contributed by atoms with Crippen LogP contribution in [-0.4, -0.2) is 23.5 Å². The Balaban J connectivity index is 4.57. The van der Waals surface area contributed by atoms with Crippen LogP contribution in [0.15, 0.2) is 11.8 Å². The standard InChI is InChI=1S/C7H19NSi2/c1-6(9)7(2,8)10(3,4)5/h1,8H2,2-5,9H3. The van der Waals surface area contributed by atoms with Crippen LogP contribution in [0.2, 0.25) is 19.6 Å². The van der Waals surface area contributed by atoms with Gasteiger partial charge in [0.1, 0.15) is 0 Å². The van der Waals surface area contributed by atoms with Gasteiger partial charge in [-0.05, 0) is 6.92 Å². The van der Waals surface area contributed by atoms with Crippen LogP contribution < -0.4 is 5.73 Å². The molecule has 0 fully saturated rings. The van der Waals surface area contributed by atoms with Crippen molar-refractivity contribution in [1.82, 2.24) is 0 Å². The van der Waals surface area contributed by atoms with Gasteiger partial charge in [0.15, 0.2) is 0 Å². The highest BCUT2D eigenvalue weighted by molar-refractivity contribution is 6.80. The van der Waals surface area contributed by atoms with E-state index < -0.39 is 8.07 Å². The molecule has 2 N–H and O–H groups in total. The van der Waals surface area contributed by atoms with Crippen LogP contribution in [0.25, 0.3) is 0 Å². The molecule has 0 saturated heterocycles. The maximum atomic E-state index is 6.13. The van der Waals surface area contributed by atoms with Gasteiger partial charge in [-0.3, -0.25) is 0 Å². The van der Waals surface area contributed by atoms with Gasteiger partial charge in [0.25, 0.3) is 0 Å². The van der Waals surface area contributed by atoms with Crippen molar-refractivity contribution in [2.75, 3.05) is 0 Å². The molecule has 0 saturated carbocycles. The molecule has 0 radical (unpaired) electrons. The average Bonchev–Trinajstić information content (AvgIpc) is 1.62. The van der Waals surface area contributed by atoms with Gasteiger partial charge in [-0.2, -0.15) is 0 Å². The Hall–Kier alpha value is 0.134. The van der Waals surface area contributed by atoms with E-state index in [4.69, 9.17) is 5.73 Å². The fourth-order valence-corrected chi connectivity index (χ4v) is 4.17. The topological polar surface area (TPSA) is 26.0 Å². The maximum Gasteiger partial charge on any atom is 0.0714 e. The molecule has 0 aromatic rings. The van der Waals surface area contributed by atoms with Crippen molar-refractivity contribution in [2.45, 2.75) is 31.7 Å². The molecule has 0 spiro atoms. The van der Waals surface area contributed by atoms with Gasteiger partial charge in [-0.15, -0.1) is 6.58 Å². The van der Waals surface area contributed by atoms with Crippen molar-refractivity contribution >= 4 is 18.3 Å². The van der Waals surface area contributed by atoms with Crippen LogP contribution in [0.4, 0.5) is 0 Å². The van der Waals surface area contributed by atoms with Crippen molar-refractivity contribution < 1.29 is 0 Å². The number of hydrogen-bond acceptors (Lipinski definition) is 1. The molecule has 1 atom stereocenters. The van der Waals surface area contributed by atoms with E-state index in [1.165, 1.54) is 5.20 Å². The second kappa shape index (κ2) is 2.64. The smallest absolute Gasteiger partial charge is 0.0714 e. The third-order valence-electron chi connectivity index (χ3n) is 2.44. The van der Waals surface area contributed by atoms with Crippen LogP contribution in [-0.2, 0) is 0 Å². The van der Waals surface area contributed by atoms with E-state index in [-0.39, 0.29) is 5.16 Å². The highest BCUT2D eigenvalue weighted by Crippen LogP contribution is 2.21. The first-order valence-electron chi connectivity index (χ1n) is 3.64. The molecule has 0 heterocycles. The summed E-state index contributed by atoms with van der Waals surface area (Å²) in [5, 5.41) is 1.19. The first-order chi connectivity index (χ1) is 4.19. The van der Waals surface area contributed by atoms with Crippen LogP contribution in [0.5, 0.6) is 0 Å². The summed E-state index contributed by atoms with van der Waals surface area (Å²) in [5.74, 6) is 0. The van der Waals surface area contributed by atoms with Crippen LogP contribution in [0, 0.1) is 0 Å². The molecule has 0 aromatic heterocycles. The maximum absolute atomic E-state index is 6.13. The zero-order valence-electron chi connectivity index (χ0n) is 7.78. The molecule has 0 bridgehead atoms. The van der Waals surface area contributed by atoms with Crippen LogP contribution in [0.3, 0.4) is 0 Å². The zero-order chi connectivity index (χ0) is 8.58. The summed E-state index contributed by atoms with van der Waals surface area (Å²) in [6.07, 6.45) is 0. The lowest BCUT2D eigenvalue weighted by atomic mass is 10.3. The quantitative estimate of drug-likeness (QED) is 0.603. The highest BCUT2D eigenvalue weighted by Gasteiger charge is 2.35. The normalized spacial score (nSPS) is 18.5. The monoisotopic (exact) mass is 173 g/mol. The van der Waals surface area contributed by atoms with E-state index in [9.17, 15) is 0 Å².